The minimum atomic E-state index is -1.65. The molecule has 154 valence electrons. The van der Waals surface area contributed by atoms with E-state index in [9.17, 15) is 30.6 Å². The van der Waals surface area contributed by atoms with E-state index in [0.717, 1.165) is 0 Å². The van der Waals surface area contributed by atoms with E-state index in [1.807, 2.05) is 6.07 Å². The first-order valence-electron chi connectivity index (χ1n) is 8.35. The Balaban J connectivity index is 1.99. The third-order valence-electron chi connectivity index (χ3n) is 4.38. The molecule has 0 saturated carbocycles. The zero-order chi connectivity index (χ0) is 20.3. The SMILES string of the molecule is C=C(C)C(C#N)OC1OC(COC2OCC(O)C(O)C2O)C(O)C(O)C1O. The number of ether oxygens (including phenoxy) is 4. The van der Waals surface area contributed by atoms with Crippen LogP contribution in [0, 0.1) is 11.3 Å². The molecule has 11 nitrogen and oxygen atoms in total. The van der Waals surface area contributed by atoms with Crippen LogP contribution in [-0.4, -0.2) is 105 Å². The molecule has 10 unspecified atom stereocenters. The van der Waals surface area contributed by atoms with Gasteiger partial charge in [0, 0.05) is 0 Å². The van der Waals surface area contributed by atoms with E-state index in [4.69, 9.17) is 24.2 Å². The van der Waals surface area contributed by atoms with E-state index in [0.29, 0.717) is 5.57 Å². The molecule has 6 N–H and O–H groups in total. The third kappa shape index (κ3) is 5.01. The summed E-state index contributed by atoms with van der Waals surface area (Å²) in [7, 11) is 0. The first-order chi connectivity index (χ1) is 12.7. The molecule has 10 atom stereocenters. The second kappa shape index (κ2) is 9.35. The molecule has 0 aromatic carbocycles. The van der Waals surface area contributed by atoms with Gasteiger partial charge in [0.25, 0.3) is 0 Å². The van der Waals surface area contributed by atoms with Crippen LogP contribution in [0.15, 0.2) is 12.2 Å². The molecule has 11 heteroatoms. The Morgan fingerprint density at radius 2 is 1.70 bits per heavy atom. The number of nitriles is 1. The van der Waals surface area contributed by atoms with Gasteiger partial charge in [-0.05, 0) is 12.5 Å². The Morgan fingerprint density at radius 1 is 1.07 bits per heavy atom. The lowest BCUT2D eigenvalue weighted by Gasteiger charge is -2.41. The molecule has 0 amide bonds. The van der Waals surface area contributed by atoms with Gasteiger partial charge in [-0.1, -0.05) is 6.58 Å². The minimum absolute atomic E-state index is 0.271. The molecule has 0 aromatic rings. The second-order valence-corrected chi connectivity index (χ2v) is 6.59. The van der Waals surface area contributed by atoms with E-state index in [1.54, 1.807) is 0 Å². The summed E-state index contributed by atoms with van der Waals surface area (Å²) in [5.74, 6) is 0. The number of hydrogen-bond donors (Lipinski definition) is 6. The molecule has 2 rings (SSSR count). The number of aliphatic hydroxyl groups excluding tert-OH is 6. The van der Waals surface area contributed by atoms with Gasteiger partial charge in [0.05, 0.1) is 19.3 Å². The van der Waals surface area contributed by atoms with E-state index < -0.39 is 68.0 Å². The zero-order valence-electron chi connectivity index (χ0n) is 14.7. The molecule has 2 aliphatic heterocycles. The van der Waals surface area contributed by atoms with Gasteiger partial charge < -0.3 is 49.6 Å². The second-order valence-electron chi connectivity index (χ2n) is 6.59. The van der Waals surface area contributed by atoms with Crippen molar-refractivity contribution in [3.8, 4) is 6.07 Å². The van der Waals surface area contributed by atoms with Crippen LogP contribution in [0.5, 0.6) is 0 Å². The average molecular weight is 391 g/mol. The molecule has 0 radical (unpaired) electrons. The summed E-state index contributed by atoms with van der Waals surface area (Å²) < 4.78 is 21.0. The van der Waals surface area contributed by atoms with Crippen molar-refractivity contribution in [3.05, 3.63) is 12.2 Å². The van der Waals surface area contributed by atoms with E-state index >= 15 is 0 Å². The Hall–Kier alpha value is -1.17. The molecule has 0 bridgehead atoms. The van der Waals surface area contributed by atoms with Gasteiger partial charge in [0.1, 0.15) is 42.7 Å². The lowest BCUT2D eigenvalue weighted by Crippen LogP contribution is -2.60. The Labute approximate surface area is 155 Å². The van der Waals surface area contributed by atoms with Gasteiger partial charge in [-0.3, -0.25) is 0 Å². The van der Waals surface area contributed by atoms with Crippen LogP contribution in [-0.2, 0) is 18.9 Å². The molecule has 0 spiro atoms. The Morgan fingerprint density at radius 3 is 2.30 bits per heavy atom. The van der Waals surface area contributed by atoms with E-state index in [2.05, 4.69) is 6.58 Å². The van der Waals surface area contributed by atoms with Crippen LogP contribution in [0.1, 0.15) is 6.92 Å². The first kappa shape index (κ1) is 22.1. The van der Waals surface area contributed by atoms with Gasteiger partial charge in [-0.2, -0.15) is 5.26 Å². The van der Waals surface area contributed by atoms with Gasteiger partial charge in [0.2, 0.25) is 0 Å². The summed E-state index contributed by atoms with van der Waals surface area (Å²) in [5, 5.41) is 68.0. The fourth-order valence-corrected chi connectivity index (χ4v) is 2.67. The van der Waals surface area contributed by atoms with E-state index in [1.165, 1.54) is 6.92 Å². The molecular weight excluding hydrogens is 366 g/mol. The van der Waals surface area contributed by atoms with Crippen molar-refractivity contribution in [2.75, 3.05) is 13.2 Å². The fourth-order valence-electron chi connectivity index (χ4n) is 2.67. The topological polar surface area (TPSA) is 182 Å². The maximum absolute atomic E-state index is 10.1. The summed E-state index contributed by atoms with van der Waals surface area (Å²) in [6.07, 6.45) is -14.1. The molecule has 0 aromatic heterocycles. The standard InChI is InChI=1S/C16H25NO10/c1-6(2)8(3-17)26-16-14(23)12(21)11(20)9(27-16)5-25-15-13(22)10(19)7(18)4-24-15/h7-16,18-23H,1,4-5H2,2H3. The van der Waals surface area contributed by atoms with Crippen LogP contribution in [0.3, 0.4) is 0 Å². The summed E-state index contributed by atoms with van der Waals surface area (Å²) >= 11 is 0. The predicted molar refractivity (Wildman–Crippen MR) is 85.7 cm³/mol. The van der Waals surface area contributed by atoms with Crippen molar-refractivity contribution >= 4 is 0 Å². The molecule has 27 heavy (non-hydrogen) atoms. The van der Waals surface area contributed by atoms with Crippen LogP contribution < -0.4 is 0 Å². The van der Waals surface area contributed by atoms with Crippen molar-refractivity contribution in [1.82, 2.24) is 0 Å². The van der Waals surface area contributed by atoms with Crippen molar-refractivity contribution in [2.45, 2.75) is 68.3 Å². The Kier molecular flexibility index (Phi) is 7.66. The summed E-state index contributed by atoms with van der Waals surface area (Å²) in [6, 6.07) is 1.82. The summed E-state index contributed by atoms with van der Waals surface area (Å²) in [5.41, 5.74) is 0.355. The minimum Gasteiger partial charge on any atom is -0.388 e. The predicted octanol–water partition coefficient (Wildman–Crippen LogP) is -3.27. The quantitative estimate of drug-likeness (QED) is 0.250. The number of hydrogen-bond acceptors (Lipinski definition) is 11. The average Bonchev–Trinajstić information content (AvgIpc) is 2.64. The highest BCUT2D eigenvalue weighted by atomic mass is 16.7. The van der Waals surface area contributed by atoms with Crippen LogP contribution in [0.2, 0.25) is 0 Å². The van der Waals surface area contributed by atoms with Crippen LogP contribution in [0.4, 0.5) is 0 Å². The molecule has 2 saturated heterocycles. The van der Waals surface area contributed by atoms with Crippen LogP contribution >= 0.6 is 0 Å². The number of nitrogens with zero attached hydrogens (tertiary/aromatic N) is 1. The largest absolute Gasteiger partial charge is 0.388 e. The lowest BCUT2D eigenvalue weighted by molar-refractivity contribution is -0.323. The smallest absolute Gasteiger partial charge is 0.188 e. The van der Waals surface area contributed by atoms with Gasteiger partial charge >= 0.3 is 0 Å². The molecule has 2 fully saturated rings. The number of aliphatic hydroxyl groups is 6. The molecule has 2 heterocycles. The monoisotopic (exact) mass is 391 g/mol. The summed E-state index contributed by atoms with van der Waals surface area (Å²) in [4.78, 5) is 0. The van der Waals surface area contributed by atoms with Crippen molar-refractivity contribution in [1.29, 1.82) is 5.26 Å². The van der Waals surface area contributed by atoms with E-state index in [-0.39, 0.29) is 6.61 Å². The maximum atomic E-state index is 10.1. The first-order valence-corrected chi connectivity index (χ1v) is 8.35. The van der Waals surface area contributed by atoms with Gasteiger partial charge in [-0.15, -0.1) is 0 Å². The van der Waals surface area contributed by atoms with Gasteiger partial charge in [-0.25, -0.2) is 0 Å². The third-order valence-corrected chi connectivity index (χ3v) is 4.38. The van der Waals surface area contributed by atoms with Crippen molar-refractivity contribution in [2.24, 2.45) is 0 Å². The summed E-state index contributed by atoms with van der Waals surface area (Å²) in [6.45, 7) is 4.44. The highest BCUT2D eigenvalue weighted by Crippen LogP contribution is 2.25. The fraction of sp³-hybridized carbons (Fsp3) is 0.812. The van der Waals surface area contributed by atoms with Crippen molar-refractivity contribution in [3.63, 3.8) is 0 Å². The van der Waals surface area contributed by atoms with Gasteiger partial charge in [0.15, 0.2) is 18.7 Å². The van der Waals surface area contributed by atoms with Crippen LogP contribution in [0.25, 0.3) is 0 Å². The Bertz CT molecular complexity index is 554. The lowest BCUT2D eigenvalue weighted by atomic mass is 9.99. The highest BCUT2D eigenvalue weighted by molar-refractivity contribution is 5.10. The normalized spacial score (nSPS) is 43.7. The maximum Gasteiger partial charge on any atom is 0.188 e. The molecular formula is C16H25NO10. The highest BCUT2D eigenvalue weighted by Gasteiger charge is 2.46. The molecule has 0 aliphatic carbocycles. The molecule has 2 aliphatic rings. The number of rotatable bonds is 6. The zero-order valence-corrected chi connectivity index (χ0v) is 14.7. The van der Waals surface area contributed by atoms with Crippen molar-refractivity contribution < 1.29 is 49.6 Å².